The Hall–Kier alpha value is -2.54. The first-order chi connectivity index (χ1) is 11.6. The lowest BCUT2D eigenvalue weighted by Crippen LogP contribution is -2.13. The normalized spacial score (nSPS) is 10.6. The molecular weight excluding hydrogens is 376 g/mol. The van der Waals surface area contributed by atoms with Crippen molar-refractivity contribution in [3.63, 3.8) is 0 Å². The van der Waals surface area contributed by atoms with Crippen molar-refractivity contribution in [3.05, 3.63) is 40.9 Å². The van der Waals surface area contributed by atoms with Gasteiger partial charge in [0.2, 0.25) is 0 Å². The highest BCUT2D eigenvalue weighted by Crippen LogP contribution is 2.38. The second kappa shape index (κ2) is 6.92. The molecule has 0 radical (unpaired) electrons. The monoisotopic (exact) mass is 390 g/mol. The first-order valence-corrected chi connectivity index (χ1v) is 7.94. The largest absolute Gasteiger partial charge is 0.493 e. The van der Waals surface area contributed by atoms with Gasteiger partial charge < -0.3 is 19.2 Å². The number of rotatable bonds is 5. The number of carbonyl (C=O) groups is 1. The molecule has 0 saturated heterocycles. The number of aromatic nitrogens is 2. The molecular formula is C17H15BrN2O4. The summed E-state index contributed by atoms with van der Waals surface area (Å²) in [6.45, 7) is -0.191. The average Bonchev–Trinajstić information content (AvgIpc) is 3.03. The van der Waals surface area contributed by atoms with Crippen molar-refractivity contribution in [2.75, 3.05) is 20.8 Å². The molecule has 1 heterocycles. The Balaban J connectivity index is 1.98. The van der Waals surface area contributed by atoms with Gasteiger partial charge >= 0.3 is 5.97 Å². The van der Waals surface area contributed by atoms with Gasteiger partial charge in [-0.25, -0.2) is 9.78 Å². The van der Waals surface area contributed by atoms with Gasteiger partial charge in [0.25, 0.3) is 0 Å². The van der Waals surface area contributed by atoms with Crippen LogP contribution in [0.5, 0.6) is 11.5 Å². The fourth-order valence-electron chi connectivity index (χ4n) is 2.26. The lowest BCUT2D eigenvalue weighted by atomic mass is 10.2. The average molecular weight is 391 g/mol. The van der Waals surface area contributed by atoms with Crippen molar-refractivity contribution in [2.45, 2.75) is 0 Å². The summed E-state index contributed by atoms with van der Waals surface area (Å²) in [6, 6.07) is 11.3. The van der Waals surface area contributed by atoms with Crippen LogP contribution in [0.1, 0.15) is 0 Å². The predicted molar refractivity (Wildman–Crippen MR) is 93.3 cm³/mol. The summed E-state index contributed by atoms with van der Waals surface area (Å²) in [6.07, 6.45) is 0. The number of esters is 1. The van der Waals surface area contributed by atoms with Crippen LogP contribution in [0.15, 0.2) is 40.9 Å². The van der Waals surface area contributed by atoms with E-state index in [1.807, 2.05) is 24.3 Å². The Morgan fingerprint density at radius 2 is 2.00 bits per heavy atom. The summed E-state index contributed by atoms with van der Waals surface area (Å²) in [5.41, 5.74) is 2.65. The summed E-state index contributed by atoms with van der Waals surface area (Å²) in [5, 5.41) is 0. The van der Waals surface area contributed by atoms with E-state index in [2.05, 4.69) is 30.6 Å². The number of benzene rings is 2. The second-order valence-electron chi connectivity index (χ2n) is 4.95. The number of carbonyl (C=O) groups excluding carboxylic acids is 1. The number of nitrogens with one attached hydrogen (secondary N) is 1. The van der Waals surface area contributed by atoms with E-state index in [4.69, 9.17) is 9.47 Å². The van der Waals surface area contributed by atoms with Crippen molar-refractivity contribution in [3.8, 4) is 22.9 Å². The molecule has 124 valence electrons. The third kappa shape index (κ3) is 3.21. The Bertz CT molecular complexity index is 858. The molecule has 0 aliphatic rings. The number of H-pyrrole nitrogens is 1. The van der Waals surface area contributed by atoms with Crippen LogP contribution >= 0.6 is 15.9 Å². The molecule has 0 fully saturated rings. The molecule has 0 aliphatic heterocycles. The fourth-order valence-corrected chi connectivity index (χ4v) is 2.78. The highest BCUT2D eigenvalue weighted by molar-refractivity contribution is 9.10. The number of aromatic amines is 1. The summed E-state index contributed by atoms with van der Waals surface area (Å²) < 4.78 is 16.2. The Morgan fingerprint density at radius 3 is 2.71 bits per heavy atom. The smallest absolute Gasteiger partial charge is 0.343 e. The van der Waals surface area contributed by atoms with E-state index in [1.165, 1.54) is 14.2 Å². The second-order valence-corrected chi connectivity index (χ2v) is 5.80. The summed E-state index contributed by atoms with van der Waals surface area (Å²) >= 11 is 3.52. The molecule has 3 rings (SSSR count). The number of para-hydroxylation sites is 2. The number of methoxy groups -OCH3 is 2. The lowest BCUT2D eigenvalue weighted by molar-refractivity contribution is -0.142. The topological polar surface area (TPSA) is 73.4 Å². The molecule has 0 unspecified atom stereocenters. The Morgan fingerprint density at radius 1 is 1.21 bits per heavy atom. The van der Waals surface area contributed by atoms with Gasteiger partial charge in [-0.3, -0.25) is 0 Å². The number of halogens is 1. The van der Waals surface area contributed by atoms with Crippen LogP contribution in [0.2, 0.25) is 0 Å². The van der Waals surface area contributed by atoms with Gasteiger partial charge in [-0.05, 0) is 40.2 Å². The van der Waals surface area contributed by atoms with E-state index in [1.54, 1.807) is 12.1 Å². The quantitative estimate of drug-likeness (QED) is 0.674. The van der Waals surface area contributed by atoms with Crippen LogP contribution in [0.3, 0.4) is 0 Å². The third-order valence-electron chi connectivity index (χ3n) is 3.47. The first kappa shape index (κ1) is 16.3. The van der Waals surface area contributed by atoms with E-state index in [-0.39, 0.29) is 6.61 Å². The lowest BCUT2D eigenvalue weighted by Gasteiger charge is -2.12. The van der Waals surface area contributed by atoms with Crippen LogP contribution in [0, 0.1) is 0 Å². The van der Waals surface area contributed by atoms with Crippen LogP contribution in [-0.4, -0.2) is 36.8 Å². The first-order valence-electron chi connectivity index (χ1n) is 7.14. The maximum absolute atomic E-state index is 11.2. The zero-order valence-electron chi connectivity index (χ0n) is 13.1. The molecule has 1 aromatic heterocycles. The van der Waals surface area contributed by atoms with Gasteiger partial charge in [-0.2, -0.15) is 0 Å². The molecule has 6 nitrogen and oxygen atoms in total. The number of nitrogens with zero attached hydrogens (tertiary/aromatic N) is 1. The summed E-state index contributed by atoms with van der Waals surface area (Å²) in [4.78, 5) is 19.1. The van der Waals surface area contributed by atoms with E-state index < -0.39 is 5.97 Å². The third-order valence-corrected chi connectivity index (χ3v) is 4.13. The summed E-state index contributed by atoms with van der Waals surface area (Å²) in [7, 11) is 2.85. The van der Waals surface area contributed by atoms with Crippen LogP contribution in [-0.2, 0) is 9.53 Å². The van der Waals surface area contributed by atoms with Crippen molar-refractivity contribution in [1.82, 2.24) is 9.97 Å². The Kier molecular flexibility index (Phi) is 4.71. The molecule has 24 heavy (non-hydrogen) atoms. The molecule has 3 aromatic rings. The number of hydrogen-bond donors (Lipinski definition) is 1. The minimum atomic E-state index is -0.463. The molecule has 0 spiro atoms. The maximum atomic E-state index is 11.2. The van der Waals surface area contributed by atoms with E-state index in [0.717, 1.165) is 21.1 Å². The number of ether oxygens (including phenoxy) is 3. The molecule has 2 aromatic carbocycles. The molecule has 0 aliphatic carbocycles. The van der Waals surface area contributed by atoms with Gasteiger partial charge in [0.15, 0.2) is 18.1 Å². The molecule has 0 amide bonds. The van der Waals surface area contributed by atoms with Crippen molar-refractivity contribution in [2.24, 2.45) is 0 Å². The van der Waals surface area contributed by atoms with Gasteiger partial charge in [-0.15, -0.1) is 0 Å². The molecule has 0 atom stereocenters. The zero-order chi connectivity index (χ0) is 17.1. The fraction of sp³-hybridized carbons (Fsp3) is 0.176. The van der Waals surface area contributed by atoms with E-state index >= 15 is 0 Å². The van der Waals surface area contributed by atoms with Gasteiger partial charge in [-0.1, -0.05) is 12.1 Å². The highest BCUT2D eigenvalue weighted by Gasteiger charge is 2.15. The van der Waals surface area contributed by atoms with Gasteiger partial charge in [0.05, 0.1) is 25.3 Å². The van der Waals surface area contributed by atoms with Gasteiger partial charge in [0.1, 0.15) is 5.82 Å². The maximum Gasteiger partial charge on any atom is 0.343 e. The standard InChI is InChI=1S/C17H15BrN2O4/c1-22-14-7-10(11(18)8-15(14)24-9-16(21)23-2)17-19-12-5-3-4-6-13(12)20-17/h3-8H,9H2,1-2H3,(H,19,20). The van der Waals surface area contributed by atoms with Gasteiger partial charge in [0, 0.05) is 10.0 Å². The molecule has 7 heteroatoms. The minimum Gasteiger partial charge on any atom is -0.493 e. The van der Waals surface area contributed by atoms with Crippen LogP contribution in [0.4, 0.5) is 0 Å². The van der Waals surface area contributed by atoms with Crippen LogP contribution < -0.4 is 9.47 Å². The molecule has 0 saturated carbocycles. The summed E-state index contributed by atoms with van der Waals surface area (Å²) in [5.74, 6) is 1.18. The molecule has 1 N–H and O–H groups in total. The van der Waals surface area contributed by atoms with Crippen molar-refractivity contribution < 1.29 is 19.0 Å². The minimum absolute atomic E-state index is 0.191. The highest BCUT2D eigenvalue weighted by atomic mass is 79.9. The molecule has 0 bridgehead atoms. The zero-order valence-corrected chi connectivity index (χ0v) is 14.7. The van der Waals surface area contributed by atoms with E-state index in [9.17, 15) is 4.79 Å². The SMILES string of the molecule is COC(=O)COc1cc(Br)c(-c2nc3ccccc3[nH]2)cc1OC. The van der Waals surface area contributed by atoms with E-state index in [0.29, 0.717) is 17.3 Å². The van der Waals surface area contributed by atoms with Crippen LogP contribution in [0.25, 0.3) is 22.4 Å². The van der Waals surface area contributed by atoms with Crippen molar-refractivity contribution >= 4 is 32.9 Å². The number of hydrogen-bond acceptors (Lipinski definition) is 5. The predicted octanol–water partition coefficient (Wildman–Crippen LogP) is 3.55. The Labute approximate surface area is 146 Å². The number of imidazole rings is 1. The van der Waals surface area contributed by atoms with Crippen molar-refractivity contribution in [1.29, 1.82) is 0 Å². The number of fused-ring (bicyclic) bond motifs is 1.